The Morgan fingerprint density at radius 3 is 2.17 bits per heavy atom. The largest absolute Gasteiger partial charge is 0.478 e. The lowest BCUT2D eigenvalue weighted by Crippen LogP contribution is -2.18. The van der Waals surface area contributed by atoms with Gasteiger partial charge in [0.25, 0.3) is 0 Å². The zero-order valence-electron chi connectivity index (χ0n) is 16.0. The second-order valence-electron chi connectivity index (χ2n) is 6.56. The molecule has 29 heavy (non-hydrogen) atoms. The van der Waals surface area contributed by atoms with Crippen molar-refractivity contribution < 1.29 is 14.7 Å². The van der Waals surface area contributed by atoms with Crippen LogP contribution in [0.2, 0.25) is 0 Å². The predicted octanol–water partition coefficient (Wildman–Crippen LogP) is 4.70. The molecule has 5 nitrogen and oxygen atoms in total. The highest BCUT2D eigenvalue weighted by atomic mass is 32.2. The highest BCUT2D eigenvalue weighted by Crippen LogP contribution is 2.33. The number of carboxylic acids is 1. The Labute approximate surface area is 173 Å². The molecule has 3 rings (SSSR count). The number of Topliss-reactive ketones (excluding diaryl/α,β-unsaturated/α-hetero) is 1. The molecule has 0 aromatic heterocycles. The van der Waals surface area contributed by atoms with Crippen molar-refractivity contribution in [2.45, 2.75) is 23.6 Å². The molecule has 0 unspecified atom stereocenters. The standard InChI is InChI=1S/C23H20N2O3S/c1-14-7-12-19(15(2)13-14)29-20-6-4-3-5-18(20)22(26)21(25-24)16-8-10-17(11-9-16)23(27)28/h3-13H,24H2,1-2H3,(H,27,28). The van der Waals surface area contributed by atoms with Crippen LogP contribution < -0.4 is 5.84 Å². The van der Waals surface area contributed by atoms with Crippen LogP contribution in [-0.2, 0) is 0 Å². The number of carbonyl (C=O) groups is 2. The minimum absolute atomic E-state index is 0.0793. The van der Waals surface area contributed by atoms with E-state index < -0.39 is 5.97 Å². The fourth-order valence-electron chi connectivity index (χ4n) is 2.94. The van der Waals surface area contributed by atoms with Gasteiger partial charge in [0.1, 0.15) is 5.71 Å². The van der Waals surface area contributed by atoms with E-state index in [9.17, 15) is 9.59 Å². The first kappa shape index (κ1) is 20.4. The summed E-state index contributed by atoms with van der Waals surface area (Å²) in [6.07, 6.45) is 0. The van der Waals surface area contributed by atoms with Gasteiger partial charge in [-0.1, -0.05) is 53.7 Å². The van der Waals surface area contributed by atoms with Gasteiger partial charge in [0.2, 0.25) is 5.78 Å². The molecule has 0 aliphatic carbocycles. The van der Waals surface area contributed by atoms with Crippen LogP contribution in [0.15, 0.2) is 81.6 Å². The third-order valence-electron chi connectivity index (χ3n) is 4.43. The van der Waals surface area contributed by atoms with Crippen LogP contribution >= 0.6 is 11.8 Å². The van der Waals surface area contributed by atoms with Gasteiger partial charge in [-0.05, 0) is 49.7 Å². The molecule has 0 atom stereocenters. The van der Waals surface area contributed by atoms with Crippen LogP contribution in [0.4, 0.5) is 0 Å². The number of aryl methyl sites for hydroxylation is 2. The number of rotatable bonds is 6. The monoisotopic (exact) mass is 404 g/mol. The highest BCUT2D eigenvalue weighted by Gasteiger charge is 2.20. The normalized spacial score (nSPS) is 11.3. The number of hydrogen-bond acceptors (Lipinski definition) is 5. The Bertz CT molecular complexity index is 1110. The third kappa shape index (κ3) is 4.55. The molecule has 3 aromatic carbocycles. The number of hydrogen-bond donors (Lipinski definition) is 2. The van der Waals surface area contributed by atoms with Crippen molar-refractivity contribution in [3.63, 3.8) is 0 Å². The molecule has 3 aromatic rings. The Morgan fingerprint density at radius 2 is 1.55 bits per heavy atom. The minimum atomic E-state index is -1.04. The Balaban J connectivity index is 1.95. The number of hydrazone groups is 1. The summed E-state index contributed by atoms with van der Waals surface area (Å²) in [6.45, 7) is 4.08. The van der Waals surface area contributed by atoms with Crippen molar-refractivity contribution >= 4 is 29.2 Å². The van der Waals surface area contributed by atoms with Crippen molar-refractivity contribution in [1.29, 1.82) is 0 Å². The van der Waals surface area contributed by atoms with Crippen molar-refractivity contribution in [2.75, 3.05) is 0 Å². The van der Waals surface area contributed by atoms with Crippen LogP contribution in [-0.4, -0.2) is 22.6 Å². The van der Waals surface area contributed by atoms with Gasteiger partial charge < -0.3 is 10.9 Å². The number of nitrogens with two attached hydrogens (primary N) is 1. The number of carbonyl (C=O) groups excluding carboxylic acids is 1. The molecule has 0 saturated carbocycles. The van der Waals surface area contributed by atoms with E-state index in [1.807, 2.05) is 38.1 Å². The van der Waals surface area contributed by atoms with Crippen LogP contribution in [0.25, 0.3) is 0 Å². The molecule has 146 valence electrons. The summed E-state index contributed by atoms with van der Waals surface area (Å²) in [7, 11) is 0. The van der Waals surface area contributed by atoms with Crippen LogP contribution in [0, 0.1) is 13.8 Å². The topological polar surface area (TPSA) is 92.8 Å². The SMILES string of the molecule is Cc1ccc(Sc2ccccc2C(=O)C(=NN)c2ccc(C(=O)O)cc2)c(C)c1. The molecule has 3 N–H and O–H groups in total. The number of aromatic carboxylic acids is 1. The molecule has 6 heteroatoms. The van der Waals surface area contributed by atoms with Gasteiger partial charge in [0.05, 0.1) is 5.56 Å². The quantitative estimate of drug-likeness (QED) is 0.269. The van der Waals surface area contributed by atoms with Gasteiger partial charge in [0, 0.05) is 20.9 Å². The van der Waals surface area contributed by atoms with E-state index in [0.29, 0.717) is 11.1 Å². The van der Waals surface area contributed by atoms with Gasteiger partial charge in [0.15, 0.2) is 0 Å². The summed E-state index contributed by atoms with van der Waals surface area (Å²) in [5, 5.41) is 12.7. The van der Waals surface area contributed by atoms with Gasteiger partial charge in [-0.3, -0.25) is 4.79 Å². The summed E-state index contributed by atoms with van der Waals surface area (Å²) >= 11 is 1.51. The lowest BCUT2D eigenvalue weighted by molar-refractivity contribution is 0.0696. The van der Waals surface area contributed by atoms with E-state index in [1.165, 1.54) is 41.6 Å². The second kappa shape index (κ2) is 8.75. The lowest BCUT2D eigenvalue weighted by Gasteiger charge is -2.12. The Morgan fingerprint density at radius 1 is 0.897 bits per heavy atom. The van der Waals surface area contributed by atoms with Crippen molar-refractivity contribution in [3.8, 4) is 0 Å². The van der Waals surface area contributed by atoms with E-state index in [-0.39, 0.29) is 17.1 Å². The van der Waals surface area contributed by atoms with Crippen molar-refractivity contribution in [2.24, 2.45) is 10.9 Å². The number of carboxylic acid groups (broad SMARTS) is 1. The zero-order chi connectivity index (χ0) is 21.0. The fourth-order valence-corrected chi connectivity index (χ4v) is 3.95. The van der Waals surface area contributed by atoms with Gasteiger partial charge in [-0.25, -0.2) is 4.79 Å². The molecule has 0 saturated heterocycles. The van der Waals surface area contributed by atoms with Gasteiger partial charge in [-0.15, -0.1) is 0 Å². The molecule has 0 amide bonds. The number of nitrogens with zero attached hydrogens (tertiary/aromatic N) is 1. The van der Waals surface area contributed by atoms with Crippen LogP contribution in [0.5, 0.6) is 0 Å². The van der Waals surface area contributed by atoms with Gasteiger partial charge in [-0.2, -0.15) is 5.10 Å². The van der Waals surface area contributed by atoms with Gasteiger partial charge >= 0.3 is 5.97 Å². The maximum atomic E-state index is 13.2. The first-order valence-electron chi connectivity index (χ1n) is 8.91. The zero-order valence-corrected chi connectivity index (χ0v) is 16.9. The Hall–Kier alpha value is -3.38. The molecule has 0 aliphatic heterocycles. The number of ketones is 1. The number of benzene rings is 3. The average molecular weight is 404 g/mol. The molecular weight excluding hydrogens is 384 g/mol. The van der Waals surface area contributed by atoms with E-state index in [2.05, 4.69) is 11.2 Å². The van der Waals surface area contributed by atoms with Crippen LogP contribution in [0.1, 0.15) is 37.4 Å². The molecule has 0 radical (unpaired) electrons. The lowest BCUT2D eigenvalue weighted by atomic mass is 9.99. The minimum Gasteiger partial charge on any atom is -0.478 e. The molecule has 0 aliphatic rings. The summed E-state index contributed by atoms with van der Waals surface area (Å²) in [5.41, 5.74) is 3.48. The van der Waals surface area contributed by atoms with E-state index in [0.717, 1.165) is 15.4 Å². The average Bonchev–Trinajstić information content (AvgIpc) is 2.71. The summed E-state index contributed by atoms with van der Waals surface area (Å²) < 4.78 is 0. The molecule has 0 bridgehead atoms. The summed E-state index contributed by atoms with van der Waals surface area (Å²) in [4.78, 5) is 26.1. The molecule has 0 heterocycles. The summed E-state index contributed by atoms with van der Waals surface area (Å²) in [5.74, 6) is 4.17. The van der Waals surface area contributed by atoms with Crippen molar-refractivity contribution in [1.82, 2.24) is 0 Å². The van der Waals surface area contributed by atoms with Crippen LogP contribution in [0.3, 0.4) is 0 Å². The maximum Gasteiger partial charge on any atom is 0.335 e. The highest BCUT2D eigenvalue weighted by molar-refractivity contribution is 7.99. The molecular formula is C23H20N2O3S. The summed E-state index contributed by atoms with van der Waals surface area (Å²) in [6, 6.07) is 19.4. The van der Waals surface area contributed by atoms with Crippen molar-refractivity contribution in [3.05, 3.63) is 94.5 Å². The third-order valence-corrected chi connectivity index (χ3v) is 5.69. The Kier molecular flexibility index (Phi) is 6.14. The second-order valence-corrected chi connectivity index (χ2v) is 7.64. The van der Waals surface area contributed by atoms with E-state index in [1.54, 1.807) is 12.1 Å². The van der Waals surface area contributed by atoms with E-state index >= 15 is 0 Å². The fraction of sp³-hybridized carbons (Fsp3) is 0.0870. The maximum absolute atomic E-state index is 13.2. The molecule has 0 spiro atoms. The predicted molar refractivity (Wildman–Crippen MR) is 115 cm³/mol. The smallest absolute Gasteiger partial charge is 0.335 e. The first-order valence-corrected chi connectivity index (χ1v) is 9.73. The first-order chi connectivity index (χ1) is 13.9. The molecule has 0 fully saturated rings. The van der Waals surface area contributed by atoms with E-state index in [4.69, 9.17) is 10.9 Å².